The van der Waals surface area contributed by atoms with Crippen LogP contribution in [0.1, 0.15) is 101 Å². The van der Waals surface area contributed by atoms with Crippen LogP contribution < -0.4 is 26.0 Å². The third-order valence-corrected chi connectivity index (χ3v) is 12.4. The highest BCUT2D eigenvalue weighted by molar-refractivity contribution is 6.00. The molecule has 1 unspecified atom stereocenters. The third kappa shape index (κ3) is 7.63. The summed E-state index contributed by atoms with van der Waals surface area (Å²) in [7, 11) is 3.55. The molecule has 14 nitrogen and oxygen atoms in total. The summed E-state index contributed by atoms with van der Waals surface area (Å²) >= 11 is 0. The number of carbonyl (C=O) groups excluding carboxylic acids is 3. The van der Waals surface area contributed by atoms with Crippen molar-refractivity contribution in [1.29, 1.82) is 0 Å². The molecule has 0 radical (unpaired) electrons. The number of anilines is 4. The SMILES string of the molecule is CCCC.CN(C)C(=O)c1cc2cnc(Nc3ccc(N4CCC5(CC4)CN(c4ccc6ccn(C7CCC(=O)NC7=O)c(=O)c6c4)C5)cn3)nc2n1C1CCCC1. The summed E-state index contributed by atoms with van der Waals surface area (Å²) in [4.78, 5) is 71.2. The number of benzene rings is 1. The van der Waals surface area contributed by atoms with Gasteiger partial charge in [0.05, 0.1) is 11.9 Å². The van der Waals surface area contributed by atoms with Gasteiger partial charge in [0.15, 0.2) is 0 Å². The van der Waals surface area contributed by atoms with Crippen LogP contribution in [0.4, 0.5) is 23.1 Å². The first-order valence-corrected chi connectivity index (χ1v) is 20.9. The van der Waals surface area contributed by atoms with Crippen molar-refractivity contribution >= 4 is 62.7 Å². The fourth-order valence-corrected chi connectivity index (χ4v) is 8.89. The molecule has 1 aromatic carbocycles. The molecule has 4 aromatic heterocycles. The van der Waals surface area contributed by atoms with Crippen LogP contribution in [0.2, 0.25) is 0 Å². The maximum absolute atomic E-state index is 13.5. The number of pyridine rings is 2. The quantitative estimate of drug-likeness (QED) is 0.165. The lowest BCUT2D eigenvalue weighted by Crippen LogP contribution is -2.60. The monoisotopic (exact) mass is 786 g/mol. The highest BCUT2D eigenvalue weighted by Crippen LogP contribution is 2.44. The number of fused-ring (bicyclic) bond motifs is 2. The van der Waals surface area contributed by atoms with Crippen molar-refractivity contribution in [2.24, 2.45) is 5.41 Å². The Balaban J connectivity index is 0.00000112. The van der Waals surface area contributed by atoms with Gasteiger partial charge in [-0.3, -0.25) is 24.5 Å². The van der Waals surface area contributed by atoms with Crippen LogP contribution in [-0.2, 0) is 9.59 Å². The second-order valence-corrected chi connectivity index (χ2v) is 16.6. The zero-order valence-corrected chi connectivity index (χ0v) is 34.0. The maximum Gasteiger partial charge on any atom is 0.270 e. The molecule has 3 amide bonds. The van der Waals surface area contributed by atoms with Gasteiger partial charge in [-0.1, -0.05) is 45.6 Å². The van der Waals surface area contributed by atoms with Gasteiger partial charge >= 0.3 is 0 Å². The molecule has 1 aliphatic carbocycles. The van der Waals surface area contributed by atoms with E-state index in [0.717, 1.165) is 92.5 Å². The fourth-order valence-electron chi connectivity index (χ4n) is 8.89. The summed E-state index contributed by atoms with van der Waals surface area (Å²) in [6, 6.07) is 13.4. The van der Waals surface area contributed by atoms with Crippen molar-refractivity contribution in [2.75, 3.05) is 55.4 Å². The van der Waals surface area contributed by atoms with Crippen LogP contribution in [0.3, 0.4) is 0 Å². The van der Waals surface area contributed by atoms with Crippen LogP contribution in [0.5, 0.6) is 0 Å². The zero-order chi connectivity index (χ0) is 40.6. The van der Waals surface area contributed by atoms with Gasteiger partial charge in [-0.2, -0.15) is 4.98 Å². The summed E-state index contributed by atoms with van der Waals surface area (Å²) in [5.74, 6) is 0.352. The minimum Gasteiger partial charge on any atom is -0.370 e. The molecule has 5 aromatic rings. The third-order valence-electron chi connectivity index (χ3n) is 12.4. The lowest BCUT2D eigenvalue weighted by atomic mass is 9.71. The van der Waals surface area contributed by atoms with Crippen molar-refractivity contribution in [1.82, 2.24) is 34.3 Å². The van der Waals surface area contributed by atoms with E-state index in [4.69, 9.17) is 9.97 Å². The van der Waals surface area contributed by atoms with Crippen molar-refractivity contribution in [2.45, 2.75) is 90.1 Å². The minimum atomic E-state index is -0.678. The lowest BCUT2D eigenvalue weighted by Gasteiger charge is -2.55. The van der Waals surface area contributed by atoms with Gasteiger partial charge in [0.2, 0.25) is 17.8 Å². The minimum absolute atomic E-state index is 0.0310. The van der Waals surface area contributed by atoms with Gasteiger partial charge in [-0.15, -0.1) is 0 Å². The van der Waals surface area contributed by atoms with Crippen molar-refractivity contribution < 1.29 is 14.4 Å². The number of rotatable bonds is 8. The van der Waals surface area contributed by atoms with E-state index in [0.29, 0.717) is 29.3 Å². The summed E-state index contributed by atoms with van der Waals surface area (Å²) in [6.07, 6.45) is 15.0. The van der Waals surface area contributed by atoms with Crippen LogP contribution in [0, 0.1) is 5.41 Å². The molecule has 1 saturated carbocycles. The van der Waals surface area contributed by atoms with Gasteiger partial charge in [0.1, 0.15) is 23.2 Å². The van der Waals surface area contributed by atoms with E-state index >= 15 is 0 Å². The number of nitrogens with zero attached hydrogens (tertiary/aromatic N) is 8. The molecule has 4 aliphatic rings. The normalized spacial score (nSPS) is 19.2. The van der Waals surface area contributed by atoms with E-state index < -0.39 is 11.9 Å². The van der Waals surface area contributed by atoms with Gasteiger partial charge in [-0.25, -0.2) is 9.97 Å². The molecule has 0 bridgehead atoms. The number of hydrogen-bond acceptors (Lipinski definition) is 10. The number of hydrogen-bond donors (Lipinski definition) is 2. The van der Waals surface area contributed by atoms with Crippen LogP contribution >= 0.6 is 0 Å². The van der Waals surface area contributed by atoms with Gasteiger partial charge in [-0.05, 0) is 73.9 Å². The molecule has 9 rings (SSSR count). The smallest absolute Gasteiger partial charge is 0.270 e. The maximum atomic E-state index is 13.5. The predicted molar refractivity (Wildman–Crippen MR) is 227 cm³/mol. The number of piperidine rings is 2. The lowest BCUT2D eigenvalue weighted by molar-refractivity contribution is -0.135. The Morgan fingerprint density at radius 2 is 1.62 bits per heavy atom. The molecule has 1 spiro atoms. The Labute approximate surface area is 338 Å². The van der Waals surface area contributed by atoms with Gasteiger partial charge in [0.25, 0.3) is 11.5 Å². The number of aromatic nitrogens is 5. The molecule has 3 aliphatic heterocycles. The number of carbonyl (C=O) groups is 3. The first-order chi connectivity index (χ1) is 28.1. The first kappa shape index (κ1) is 39.1. The van der Waals surface area contributed by atoms with E-state index in [1.54, 1.807) is 31.4 Å². The summed E-state index contributed by atoms with van der Waals surface area (Å²) in [5.41, 5.74) is 3.53. The number of amides is 3. The van der Waals surface area contributed by atoms with E-state index in [-0.39, 0.29) is 35.3 Å². The average Bonchev–Trinajstić information content (AvgIpc) is 3.89. The molecule has 58 heavy (non-hydrogen) atoms. The van der Waals surface area contributed by atoms with Gasteiger partial charge in [0, 0.05) is 87.0 Å². The van der Waals surface area contributed by atoms with Crippen LogP contribution in [0.25, 0.3) is 21.8 Å². The molecule has 304 valence electrons. The Morgan fingerprint density at radius 1 is 0.879 bits per heavy atom. The van der Waals surface area contributed by atoms with E-state index in [1.165, 1.54) is 17.4 Å². The predicted octanol–water partition coefficient (Wildman–Crippen LogP) is 6.59. The molecular formula is C44H54N10O4. The second kappa shape index (κ2) is 16.2. The highest BCUT2D eigenvalue weighted by atomic mass is 16.2. The number of nitrogens with one attached hydrogen (secondary N) is 2. The standard InChI is InChI=1S/C40H44N10O4.C4H10/c1-46(2)38(54)32-19-26-21-42-39(45-35(26)50(32)27-5-3-4-6-27)43-33-11-9-29(22-41-33)47-17-14-40(15-18-47)23-48(24-40)28-8-7-25-13-16-49(37(53)30(25)20-28)31-10-12-34(51)44-36(31)52;1-3-4-2/h7-9,11,13,16,19-22,27,31H,3-6,10,12,14-15,17-18,23-24H2,1-2H3,(H,44,51,52)(H,41,42,43,45);3-4H2,1-2H3. The van der Waals surface area contributed by atoms with E-state index in [9.17, 15) is 19.2 Å². The molecule has 14 heteroatoms. The highest BCUT2D eigenvalue weighted by Gasteiger charge is 2.45. The molecule has 1 atom stereocenters. The molecular weight excluding hydrogens is 733 g/mol. The topological polar surface area (TPSA) is 151 Å². The first-order valence-electron chi connectivity index (χ1n) is 20.9. The van der Waals surface area contributed by atoms with Gasteiger partial charge < -0.3 is 29.2 Å². The average molecular weight is 787 g/mol. The molecule has 2 N–H and O–H groups in total. The summed E-state index contributed by atoms with van der Waals surface area (Å²) < 4.78 is 3.58. The van der Waals surface area contributed by atoms with Crippen LogP contribution in [0.15, 0.2) is 65.8 Å². The molecule has 4 fully saturated rings. The van der Waals surface area contributed by atoms with Crippen molar-refractivity contribution in [3.05, 3.63) is 77.1 Å². The van der Waals surface area contributed by atoms with E-state index in [2.05, 4.69) is 56.0 Å². The number of imide groups is 1. The zero-order valence-electron chi connectivity index (χ0n) is 34.0. The Morgan fingerprint density at radius 3 is 2.29 bits per heavy atom. The van der Waals surface area contributed by atoms with E-state index in [1.807, 2.05) is 36.5 Å². The van der Waals surface area contributed by atoms with Crippen LogP contribution in [-0.4, -0.2) is 87.0 Å². The van der Waals surface area contributed by atoms with Crippen molar-refractivity contribution in [3.8, 4) is 0 Å². The fraction of sp³-hybridized carbons (Fsp3) is 0.477. The summed E-state index contributed by atoms with van der Waals surface area (Å²) in [5, 5.41) is 7.90. The largest absolute Gasteiger partial charge is 0.370 e. The Kier molecular flexibility index (Phi) is 10.9. The molecule has 7 heterocycles. The summed E-state index contributed by atoms with van der Waals surface area (Å²) in [6.45, 7) is 8.09. The second-order valence-electron chi connectivity index (χ2n) is 16.6. The Bertz CT molecular complexity index is 2380. The Hall–Kier alpha value is -5.79. The number of unbranched alkanes of at least 4 members (excludes halogenated alkanes) is 1. The van der Waals surface area contributed by atoms with Crippen molar-refractivity contribution in [3.63, 3.8) is 0 Å². The molecule has 3 saturated heterocycles.